The molecule has 0 saturated carbocycles. The molecule has 0 fully saturated rings. The van der Waals surface area contributed by atoms with Gasteiger partial charge in [-0.15, -0.1) is 0 Å². The Bertz CT molecular complexity index is 902. The smallest absolute Gasteiger partial charge is 0.120 e. The lowest BCUT2D eigenvalue weighted by atomic mass is 9.89. The summed E-state index contributed by atoms with van der Waals surface area (Å²) in [6, 6.07) is 20.9. The van der Waals surface area contributed by atoms with Gasteiger partial charge in [-0.05, 0) is 52.6 Å². The monoisotopic (exact) mass is 317 g/mol. The zero-order chi connectivity index (χ0) is 16.5. The van der Waals surface area contributed by atoms with Gasteiger partial charge in [-0.1, -0.05) is 24.3 Å². The maximum absolute atomic E-state index is 5.46. The van der Waals surface area contributed by atoms with Gasteiger partial charge in [-0.25, -0.2) is 0 Å². The van der Waals surface area contributed by atoms with Crippen LogP contribution in [0.3, 0.4) is 0 Å². The SMILES string of the molecule is COc1ccc2c(c1)NCc1ccccc1-c1cc(OC)ccc1-2. The number of fused-ring (bicyclic) bond motifs is 5. The second-order valence-electron chi connectivity index (χ2n) is 5.83. The molecule has 0 aromatic heterocycles. The molecule has 0 bridgehead atoms. The molecule has 3 aromatic carbocycles. The average Bonchev–Trinajstić information content (AvgIpc) is 2.64. The molecule has 1 aliphatic heterocycles. The number of nitrogens with one attached hydrogen (secondary N) is 1. The largest absolute Gasteiger partial charge is 0.497 e. The minimum atomic E-state index is 0.771. The second kappa shape index (κ2) is 5.93. The Morgan fingerprint density at radius 1 is 0.708 bits per heavy atom. The normalized spacial score (nSPS) is 11.9. The van der Waals surface area contributed by atoms with Crippen molar-refractivity contribution in [3.8, 4) is 33.8 Å². The molecule has 0 spiro atoms. The molecule has 3 aromatic rings. The minimum absolute atomic E-state index is 0.771. The van der Waals surface area contributed by atoms with Crippen molar-refractivity contribution in [1.82, 2.24) is 0 Å². The van der Waals surface area contributed by atoms with Crippen LogP contribution >= 0.6 is 0 Å². The van der Waals surface area contributed by atoms with Crippen molar-refractivity contribution < 1.29 is 9.47 Å². The summed E-state index contributed by atoms with van der Waals surface area (Å²) in [5.41, 5.74) is 7.13. The fraction of sp³-hybridized carbons (Fsp3) is 0.143. The molecule has 0 atom stereocenters. The van der Waals surface area contributed by atoms with E-state index >= 15 is 0 Å². The van der Waals surface area contributed by atoms with Crippen LogP contribution in [-0.2, 0) is 6.54 Å². The first kappa shape index (κ1) is 14.6. The average molecular weight is 317 g/mol. The zero-order valence-electron chi connectivity index (χ0n) is 13.8. The van der Waals surface area contributed by atoms with E-state index in [1.54, 1.807) is 14.2 Å². The summed E-state index contributed by atoms with van der Waals surface area (Å²) in [5.74, 6) is 1.72. The van der Waals surface area contributed by atoms with E-state index in [-0.39, 0.29) is 0 Å². The highest BCUT2D eigenvalue weighted by molar-refractivity contribution is 5.92. The summed E-state index contributed by atoms with van der Waals surface area (Å²) < 4.78 is 10.8. The number of rotatable bonds is 2. The van der Waals surface area contributed by atoms with Crippen molar-refractivity contribution in [3.05, 3.63) is 66.2 Å². The van der Waals surface area contributed by atoms with Gasteiger partial charge in [-0.3, -0.25) is 0 Å². The van der Waals surface area contributed by atoms with Crippen LogP contribution in [0.5, 0.6) is 11.5 Å². The topological polar surface area (TPSA) is 30.5 Å². The lowest BCUT2D eigenvalue weighted by Gasteiger charge is -2.22. The Kier molecular flexibility index (Phi) is 3.62. The van der Waals surface area contributed by atoms with Gasteiger partial charge in [0.05, 0.1) is 14.2 Å². The molecule has 0 aliphatic carbocycles. The summed E-state index contributed by atoms with van der Waals surface area (Å²) in [4.78, 5) is 0. The fourth-order valence-electron chi connectivity index (χ4n) is 3.27. The van der Waals surface area contributed by atoms with Gasteiger partial charge >= 0.3 is 0 Å². The third kappa shape index (κ3) is 2.38. The molecule has 0 saturated heterocycles. The van der Waals surface area contributed by atoms with Crippen molar-refractivity contribution in [3.63, 3.8) is 0 Å². The molecule has 0 amide bonds. The Hall–Kier alpha value is -2.94. The predicted molar refractivity (Wildman–Crippen MR) is 97.7 cm³/mol. The quantitative estimate of drug-likeness (QED) is 0.724. The third-order valence-electron chi connectivity index (χ3n) is 4.52. The molecule has 3 nitrogen and oxygen atoms in total. The highest BCUT2D eigenvalue weighted by atomic mass is 16.5. The molecule has 4 rings (SSSR count). The molecule has 1 N–H and O–H groups in total. The third-order valence-corrected chi connectivity index (χ3v) is 4.52. The first-order valence-electron chi connectivity index (χ1n) is 7.99. The van der Waals surface area contributed by atoms with E-state index in [0.717, 1.165) is 23.7 Å². The first-order chi connectivity index (χ1) is 11.8. The van der Waals surface area contributed by atoms with Crippen LogP contribution in [0.1, 0.15) is 5.56 Å². The summed E-state index contributed by atoms with van der Waals surface area (Å²) in [7, 11) is 3.40. The Morgan fingerprint density at radius 3 is 2.21 bits per heavy atom. The Morgan fingerprint density at radius 2 is 1.42 bits per heavy atom. The maximum atomic E-state index is 5.46. The number of hydrogen-bond donors (Lipinski definition) is 1. The van der Waals surface area contributed by atoms with Gasteiger partial charge in [0.2, 0.25) is 0 Å². The van der Waals surface area contributed by atoms with Gasteiger partial charge in [0.1, 0.15) is 11.5 Å². The highest BCUT2D eigenvalue weighted by Gasteiger charge is 2.18. The lowest BCUT2D eigenvalue weighted by molar-refractivity contribution is 0.414. The molecule has 24 heavy (non-hydrogen) atoms. The van der Waals surface area contributed by atoms with Crippen LogP contribution < -0.4 is 14.8 Å². The first-order valence-corrected chi connectivity index (χ1v) is 7.99. The van der Waals surface area contributed by atoms with Gasteiger partial charge in [-0.2, -0.15) is 0 Å². The fourth-order valence-corrected chi connectivity index (χ4v) is 3.27. The molecule has 1 aliphatic rings. The minimum Gasteiger partial charge on any atom is -0.497 e. The second-order valence-corrected chi connectivity index (χ2v) is 5.83. The summed E-state index contributed by atoms with van der Waals surface area (Å²) >= 11 is 0. The van der Waals surface area contributed by atoms with Gasteiger partial charge in [0, 0.05) is 23.9 Å². The standard InChI is InChI=1S/C21H19NO2/c1-23-15-7-9-18-19-10-8-16(24-2)12-21(19)22-13-14-5-3-4-6-17(14)20(18)11-15/h3-12,22H,13H2,1-2H3. The number of methoxy groups -OCH3 is 2. The Balaban J connectivity index is 2.01. The number of anilines is 1. The van der Waals surface area contributed by atoms with Crippen molar-refractivity contribution in [2.24, 2.45) is 0 Å². The van der Waals surface area contributed by atoms with E-state index in [0.29, 0.717) is 0 Å². The molecule has 120 valence electrons. The number of ether oxygens (including phenoxy) is 2. The van der Waals surface area contributed by atoms with E-state index in [9.17, 15) is 0 Å². The maximum Gasteiger partial charge on any atom is 0.120 e. The van der Waals surface area contributed by atoms with Crippen molar-refractivity contribution in [1.29, 1.82) is 0 Å². The van der Waals surface area contributed by atoms with Crippen LogP contribution in [0.25, 0.3) is 22.3 Å². The van der Waals surface area contributed by atoms with E-state index in [1.807, 2.05) is 12.1 Å². The number of hydrogen-bond acceptors (Lipinski definition) is 3. The van der Waals surface area contributed by atoms with Crippen molar-refractivity contribution >= 4 is 5.69 Å². The summed E-state index contributed by atoms with van der Waals surface area (Å²) in [6.45, 7) is 0.771. The van der Waals surface area contributed by atoms with Crippen LogP contribution in [0.15, 0.2) is 60.7 Å². The van der Waals surface area contributed by atoms with E-state index in [2.05, 4.69) is 53.8 Å². The summed E-state index contributed by atoms with van der Waals surface area (Å²) in [5, 5.41) is 3.55. The molecule has 0 radical (unpaired) electrons. The number of benzene rings is 3. The van der Waals surface area contributed by atoms with E-state index in [4.69, 9.17) is 9.47 Å². The highest BCUT2D eigenvalue weighted by Crippen LogP contribution is 2.42. The van der Waals surface area contributed by atoms with Crippen molar-refractivity contribution in [2.75, 3.05) is 19.5 Å². The van der Waals surface area contributed by atoms with Crippen molar-refractivity contribution in [2.45, 2.75) is 6.54 Å². The van der Waals surface area contributed by atoms with Crippen LogP contribution in [0, 0.1) is 0 Å². The molecular weight excluding hydrogens is 298 g/mol. The van der Waals surface area contributed by atoms with E-state index in [1.165, 1.54) is 27.8 Å². The van der Waals surface area contributed by atoms with E-state index < -0.39 is 0 Å². The molecule has 3 heteroatoms. The van der Waals surface area contributed by atoms with Crippen LogP contribution in [-0.4, -0.2) is 14.2 Å². The van der Waals surface area contributed by atoms with Gasteiger partial charge in [0.25, 0.3) is 0 Å². The van der Waals surface area contributed by atoms with Gasteiger partial charge in [0.15, 0.2) is 0 Å². The Labute approximate surface area is 141 Å². The summed E-state index contributed by atoms with van der Waals surface area (Å²) in [6.07, 6.45) is 0. The molecule has 1 heterocycles. The lowest BCUT2D eigenvalue weighted by Crippen LogP contribution is -2.06. The van der Waals surface area contributed by atoms with Crippen LogP contribution in [0.4, 0.5) is 5.69 Å². The predicted octanol–water partition coefficient (Wildman–Crippen LogP) is 4.96. The molecule has 0 unspecified atom stereocenters. The molecular formula is C21H19NO2. The van der Waals surface area contributed by atoms with Crippen LogP contribution in [0.2, 0.25) is 0 Å². The zero-order valence-corrected chi connectivity index (χ0v) is 13.8. The van der Waals surface area contributed by atoms with Gasteiger partial charge < -0.3 is 14.8 Å².